The highest BCUT2D eigenvalue weighted by Crippen LogP contribution is 2.11. The minimum absolute atomic E-state index is 0.476. The van der Waals surface area contributed by atoms with Gasteiger partial charge in [-0.15, -0.1) is 0 Å². The van der Waals surface area contributed by atoms with Crippen molar-refractivity contribution in [3.63, 3.8) is 0 Å². The van der Waals surface area contributed by atoms with Crippen molar-refractivity contribution < 1.29 is 4.52 Å². The van der Waals surface area contributed by atoms with E-state index < -0.39 is 0 Å². The van der Waals surface area contributed by atoms with Crippen LogP contribution in [0.1, 0.15) is 26.2 Å². The average molecular weight is 253 g/mol. The lowest BCUT2D eigenvalue weighted by molar-refractivity contribution is 0.308. The molecular formula is C12H23N5O. The molecule has 2 rings (SSSR count). The van der Waals surface area contributed by atoms with Gasteiger partial charge in [0.1, 0.15) is 0 Å². The molecule has 1 aromatic heterocycles. The number of hydrogen-bond acceptors (Lipinski definition) is 6. The van der Waals surface area contributed by atoms with Crippen LogP contribution in [0.4, 0.5) is 5.95 Å². The molecule has 18 heavy (non-hydrogen) atoms. The van der Waals surface area contributed by atoms with Gasteiger partial charge < -0.3 is 19.6 Å². The molecule has 1 aliphatic rings. The molecule has 1 atom stereocenters. The first-order chi connectivity index (χ1) is 8.69. The molecule has 1 aliphatic heterocycles. The first-order valence-electron chi connectivity index (χ1n) is 6.68. The maximum Gasteiger partial charge on any atom is 0.266 e. The second-order valence-corrected chi connectivity index (χ2v) is 4.97. The molecule has 0 aliphatic carbocycles. The topological polar surface area (TPSA) is 57.4 Å². The SMILES string of the molecule is CCC(C)NCc1nc(N2CCN(C)CC2)no1. The molecule has 0 radical (unpaired) electrons. The molecule has 0 saturated carbocycles. The zero-order chi connectivity index (χ0) is 13.0. The third kappa shape index (κ3) is 3.43. The lowest BCUT2D eigenvalue weighted by Crippen LogP contribution is -2.44. The highest BCUT2D eigenvalue weighted by molar-refractivity contribution is 5.28. The van der Waals surface area contributed by atoms with Gasteiger partial charge in [0.05, 0.1) is 6.54 Å². The molecule has 6 nitrogen and oxygen atoms in total. The number of anilines is 1. The van der Waals surface area contributed by atoms with Crippen LogP contribution in [-0.4, -0.2) is 54.3 Å². The number of nitrogens with zero attached hydrogens (tertiary/aromatic N) is 4. The predicted octanol–water partition coefficient (Wildman–Crippen LogP) is 0.710. The zero-order valence-corrected chi connectivity index (χ0v) is 11.5. The van der Waals surface area contributed by atoms with Crippen LogP contribution in [-0.2, 0) is 6.54 Å². The van der Waals surface area contributed by atoms with Gasteiger partial charge in [0.25, 0.3) is 5.95 Å². The summed E-state index contributed by atoms with van der Waals surface area (Å²) in [5.74, 6) is 1.40. The Morgan fingerprint density at radius 3 is 2.72 bits per heavy atom. The molecule has 0 aromatic carbocycles. The summed E-state index contributed by atoms with van der Waals surface area (Å²) in [7, 11) is 2.13. The van der Waals surface area contributed by atoms with Gasteiger partial charge in [0, 0.05) is 32.2 Å². The Morgan fingerprint density at radius 2 is 2.06 bits per heavy atom. The van der Waals surface area contributed by atoms with E-state index in [1.165, 1.54) is 0 Å². The van der Waals surface area contributed by atoms with Crippen LogP contribution < -0.4 is 10.2 Å². The summed E-state index contributed by atoms with van der Waals surface area (Å²) in [5, 5.41) is 7.40. The third-order valence-corrected chi connectivity index (χ3v) is 3.46. The van der Waals surface area contributed by atoms with Crippen LogP contribution in [0.25, 0.3) is 0 Å². The number of aromatic nitrogens is 2. The van der Waals surface area contributed by atoms with Crippen LogP contribution in [0.5, 0.6) is 0 Å². The number of nitrogens with one attached hydrogen (secondary N) is 1. The lowest BCUT2D eigenvalue weighted by atomic mass is 10.3. The standard InChI is InChI=1S/C12H23N5O/c1-4-10(2)13-9-11-14-12(15-18-11)17-7-5-16(3)6-8-17/h10,13H,4-9H2,1-3H3. The summed E-state index contributed by atoms with van der Waals surface area (Å²) in [4.78, 5) is 8.92. The first kappa shape index (κ1) is 13.3. The summed E-state index contributed by atoms with van der Waals surface area (Å²) in [6.07, 6.45) is 1.10. The van der Waals surface area contributed by atoms with E-state index in [0.29, 0.717) is 18.5 Å². The van der Waals surface area contributed by atoms with Gasteiger partial charge in [0.15, 0.2) is 0 Å². The summed E-state index contributed by atoms with van der Waals surface area (Å²) in [6, 6.07) is 0.476. The normalized spacial score (nSPS) is 19.2. The molecular weight excluding hydrogens is 230 g/mol. The maximum absolute atomic E-state index is 5.26. The number of piperazine rings is 1. The number of hydrogen-bond donors (Lipinski definition) is 1. The van der Waals surface area contributed by atoms with Crippen molar-refractivity contribution >= 4 is 5.95 Å². The minimum Gasteiger partial charge on any atom is -0.336 e. The smallest absolute Gasteiger partial charge is 0.266 e. The molecule has 1 saturated heterocycles. The fourth-order valence-corrected chi connectivity index (χ4v) is 1.86. The summed E-state index contributed by atoms with van der Waals surface area (Å²) in [5.41, 5.74) is 0. The first-order valence-corrected chi connectivity index (χ1v) is 6.68. The van der Waals surface area contributed by atoms with Crippen molar-refractivity contribution in [3.05, 3.63) is 5.89 Å². The monoisotopic (exact) mass is 253 g/mol. The van der Waals surface area contributed by atoms with E-state index in [9.17, 15) is 0 Å². The van der Waals surface area contributed by atoms with E-state index in [0.717, 1.165) is 38.5 Å². The van der Waals surface area contributed by atoms with Gasteiger partial charge in [-0.05, 0) is 25.5 Å². The summed E-state index contributed by atoms with van der Waals surface area (Å²) < 4.78 is 5.26. The van der Waals surface area contributed by atoms with Crippen molar-refractivity contribution in [2.45, 2.75) is 32.9 Å². The van der Waals surface area contributed by atoms with Crippen molar-refractivity contribution in [1.82, 2.24) is 20.4 Å². The predicted molar refractivity (Wildman–Crippen MR) is 70.6 cm³/mol. The van der Waals surface area contributed by atoms with E-state index in [1.807, 2.05) is 0 Å². The van der Waals surface area contributed by atoms with E-state index in [1.54, 1.807) is 0 Å². The third-order valence-electron chi connectivity index (χ3n) is 3.46. The molecule has 2 heterocycles. The fraction of sp³-hybridized carbons (Fsp3) is 0.833. The Morgan fingerprint density at radius 1 is 1.33 bits per heavy atom. The molecule has 102 valence electrons. The van der Waals surface area contributed by atoms with Gasteiger partial charge in [0.2, 0.25) is 5.89 Å². The minimum atomic E-state index is 0.476. The van der Waals surface area contributed by atoms with Crippen LogP contribution in [0.2, 0.25) is 0 Å². The van der Waals surface area contributed by atoms with Crippen molar-refractivity contribution in [2.24, 2.45) is 0 Å². The van der Waals surface area contributed by atoms with E-state index in [-0.39, 0.29) is 0 Å². The van der Waals surface area contributed by atoms with Crippen LogP contribution >= 0.6 is 0 Å². The fourth-order valence-electron chi connectivity index (χ4n) is 1.86. The highest BCUT2D eigenvalue weighted by Gasteiger charge is 2.18. The van der Waals surface area contributed by atoms with Crippen molar-refractivity contribution in [1.29, 1.82) is 0 Å². The maximum atomic E-state index is 5.26. The molecule has 1 fully saturated rings. The van der Waals surface area contributed by atoms with Gasteiger partial charge in [-0.25, -0.2) is 0 Å². The molecule has 0 amide bonds. The Kier molecular flexibility index (Phi) is 4.54. The molecule has 6 heteroatoms. The van der Waals surface area contributed by atoms with E-state index >= 15 is 0 Å². The second kappa shape index (κ2) is 6.15. The zero-order valence-electron chi connectivity index (χ0n) is 11.5. The van der Waals surface area contributed by atoms with E-state index in [4.69, 9.17) is 4.52 Å². The van der Waals surface area contributed by atoms with Gasteiger partial charge >= 0.3 is 0 Å². The van der Waals surface area contributed by atoms with Crippen LogP contribution in [0.3, 0.4) is 0 Å². The lowest BCUT2D eigenvalue weighted by Gasteiger charge is -2.31. The van der Waals surface area contributed by atoms with Gasteiger partial charge in [-0.2, -0.15) is 4.98 Å². The van der Waals surface area contributed by atoms with Crippen molar-refractivity contribution in [3.8, 4) is 0 Å². The molecule has 0 spiro atoms. The van der Waals surface area contributed by atoms with Crippen LogP contribution in [0, 0.1) is 0 Å². The summed E-state index contributed by atoms with van der Waals surface area (Å²) in [6.45, 7) is 8.99. The quantitative estimate of drug-likeness (QED) is 0.834. The Balaban J connectivity index is 1.86. The highest BCUT2D eigenvalue weighted by atomic mass is 16.5. The van der Waals surface area contributed by atoms with Crippen molar-refractivity contribution in [2.75, 3.05) is 38.1 Å². The largest absolute Gasteiger partial charge is 0.336 e. The Labute approximate surface area is 108 Å². The number of rotatable bonds is 5. The van der Waals surface area contributed by atoms with E-state index in [2.05, 4.69) is 46.2 Å². The second-order valence-electron chi connectivity index (χ2n) is 4.97. The van der Waals surface area contributed by atoms with Crippen LogP contribution in [0.15, 0.2) is 4.52 Å². The average Bonchev–Trinajstić information content (AvgIpc) is 2.85. The van der Waals surface area contributed by atoms with Gasteiger partial charge in [-0.1, -0.05) is 6.92 Å². The molecule has 1 aromatic rings. The molecule has 1 unspecified atom stereocenters. The Bertz CT molecular complexity index is 359. The number of likely N-dealkylation sites (N-methyl/N-ethyl adjacent to an activating group) is 1. The molecule has 1 N–H and O–H groups in total. The molecule has 0 bridgehead atoms. The Hall–Kier alpha value is -1.14. The summed E-state index contributed by atoms with van der Waals surface area (Å²) >= 11 is 0. The van der Waals surface area contributed by atoms with Gasteiger partial charge in [-0.3, -0.25) is 0 Å².